The predicted octanol–water partition coefficient (Wildman–Crippen LogP) is 3.86. The average molecular weight is 221 g/mol. The Balaban J connectivity index is 1.98. The van der Waals surface area contributed by atoms with Crippen molar-refractivity contribution in [3.8, 4) is 0 Å². The average Bonchev–Trinajstić information content (AvgIpc) is 2.93. The van der Waals surface area contributed by atoms with Gasteiger partial charge in [0.15, 0.2) is 0 Å². The quantitative estimate of drug-likeness (QED) is 0.325. The minimum Gasteiger partial charge on any atom is -0.411 e. The summed E-state index contributed by atoms with van der Waals surface area (Å²) in [5.74, 6) is 2.63. The van der Waals surface area contributed by atoms with Crippen LogP contribution in [0.4, 0.5) is 0 Å². The molecule has 0 spiro atoms. The topological polar surface area (TPSA) is 32.6 Å². The molecule has 0 saturated heterocycles. The molecular formula is C14H23NO. The maximum absolute atomic E-state index is 9.22. The smallest absolute Gasteiger partial charge is 0.0610 e. The minimum atomic E-state index is 0.528. The summed E-state index contributed by atoms with van der Waals surface area (Å²) >= 11 is 0. The number of hydrogen-bond donors (Lipinski definition) is 1. The number of nitrogens with zero attached hydrogens (tertiary/aromatic N) is 1. The van der Waals surface area contributed by atoms with Crippen LogP contribution in [0.5, 0.6) is 0 Å². The molecule has 2 bridgehead atoms. The van der Waals surface area contributed by atoms with E-state index in [1.54, 1.807) is 0 Å². The van der Waals surface area contributed by atoms with Gasteiger partial charge in [-0.05, 0) is 37.0 Å². The third kappa shape index (κ3) is 2.16. The van der Waals surface area contributed by atoms with Gasteiger partial charge in [0.1, 0.15) is 0 Å². The Bertz CT molecular complexity index is 291. The molecule has 2 aliphatic carbocycles. The normalized spacial score (nSPS) is 32.9. The van der Waals surface area contributed by atoms with Gasteiger partial charge in [0.2, 0.25) is 0 Å². The third-order valence-electron chi connectivity index (χ3n) is 4.49. The van der Waals surface area contributed by atoms with Crippen molar-refractivity contribution in [3.63, 3.8) is 0 Å². The molecule has 90 valence electrons. The van der Waals surface area contributed by atoms with Crippen molar-refractivity contribution in [1.29, 1.82) is 0 Å². The van der Waals surface area contributed by atoms with E-state index in [4.69, 9.17) is 0 Å². The van der Waals surface area contributed by atoms with Crippen LogP contribution in [0.2, 0.25) is 0 Å². The van der Waals surface area contributed by atoms with Crippen molar-refractivity contribution < 1.29 is 5.21 Å². The molecule has 2 heteroatoms. The highest BCUT2D eigenvalue weighted by molar-refractivity contribution is 5.87. The first-order chi connectivity index (χ1) is 7.78. The number of rotatable bonds is 5. The molecule has 1 saturated carbocycles. The van der Waals surface area contributed by atoms with Gasteiger partial charge in [-0.25, -0.2) is 0 Å². The Labute approximate surface area is 98.4 Å². The van der Waals surface area contributed by atoms with Gasteiger partial charge in [-0.2, -0.15) is 0 Å². The van der Waals surface area contributed by atoms with Crippen molar-refractivity contribution in [1.82, 2.24) is 0 Å². The first-order valence-electron chi connectivity index (χ1n) is 6.67. The molecule has 0 heterocycles. The van der Waals surface area contributed by atoms with E-state index in [1.807, 2.05) is 0 Å². The summed E-state index contributed by atoms with van der Waals surface area (Å²) < 4.78 is 0. The zero-order chi connectivity index (χ0) is 11.5. The monoisotopic (exact) mass is 221 g/mol. The Morgan fingerprint density at radius 3 is 2.50 bits per heavy atom. The van der Waals surface area contributed by atoms with E-state index in [-0.39, 0.29) is 0 Å². The lowest BCUT2D eigenvalue weighted by Gasteiger charge is -2.22. The summed E-state index contributed by atoms with van der Waals surface area (Å²) in [5.41, 5.74) is 1.06. The van der Waals surface area contributed by atoms with E-state index in [2.05, 4.69) is 31.2 Å². The summed E-state index contributed by atoms with van der Waals surface area (Å²) in [6.45, 7) is 4.45. The third-order valence-corrected chi connectivity index (χ3v) is 4.49. The van der Waals surface area contributed by atoms with Crippen LogP contribution in [0.3, 0.4) is 0 Å². The van der Waals surface area contributed by atoms with Gasteiger partial charge in [0, 0.05) is 5.92 Å². The first kappa shape index (κ1) is 11.7. The molecule has 2 nitrogen and oxygen atoms in total. The van der Waals surface area contributed by atoms with Crippen molar-refractivity contribution >= 4 is 5.71 Å². The van der Waals surface area contributed by atoms with Crippen molar-refractivity contribution in [2.45, 2.75) is 46.0 Å². The van der Waals surface area contributed by atoms with Gasteiger partial charge in [-0.1, -0.05) is 44.0 Å². The fourth-order valence-electron chi connectivity index (χ4n) is 3.30. The Hall–Kier alpha value is -0.790. The molecular weight excluding hydrogens is 198 g/mol. The number of fused-ring (bicyclic) bond motifs is 2. The second-order valence-electron chi connectivity index (χ2n) is 5.36. The number of allylic oxidation sites excluding steroid dienone is 2. The van der Waals surface area contributed by atoms with Gasteiger partial charge >= 0.3 is 0 Å². The Kier molecular flexibility index (Phi) is 3.67. The van der Waals surface area contributed by atoms with E-state index in [1.165, 1.54) is 25.7 Å². The van der Waals surface area contributed by atoms with Crippen LogP contribution in [-0.2, 0) is 0 Å². The summed E-state index contributed by atoms with van der Waals surface area (Å²) in [6.07, 6.45) is 10.5. The van der Waals surface area contributed by atoms with E-state index < -0.39 is 0 Å². The second-order valence-corrected chi connectivity index (χ2v) is 5.36. The summed E-state index contributed by atoms with van der Waals surface area (Å²) in [7, 11) is 0. The number of oxime groups is 1. The molecule has 2 rings (SSSR count). The molecule has 1 fully saturated rings. The number of hydrogen-bond acceptors (Lipinski definition) is 2. The molecule has 1 N–H and O–H groups in total. The van der Waals surface area contributed by atoms with Gasteiger partial charge in [0.25, 0.3) is 0 Å². The SMILES string of the molecule is CCC(CC)C/C(=N/O)C1C[C@H]2C=C[C@@H]1C2. The van der Waals surface area contributed by atoms with Crippen molar-refractivity contribution in [2.24, 2.45) is 28.8 Å². The predicted molar refractivity (Wildman–Crippen MR) is 66.8 cm³/mol. The standard InChI is InChI=1S/C14H23NO/c1-3-10(4-2)9-14(15-16)13-8-11-5-6-12(13)7-11/h5-6,10-13,16H,3-4,7-9H2,1-2H3/b15-14-/t11-,12+,13?/m0/s1. The second kappa shape index (κ2) is 5.03. The first-order valence-corrected chi connectivity index (χ1v) is 6.67. The van der Waals surface area contributed by atoms with Crippen molar-refractivity contribution in [2.75, 3.05) is 0 Å². The van der Waals surface area contributed by atoms with Crippen LogP contribution in [0.25, 0.3) is 0 Å². The molecule has 0 aromatic carbocycles. The fraction of sp³-hybridized carbons (Fsp3) is 0.786. The fourth-order valence-corrected chi connectivity index (χ4v) is 3.30. The van der Waals surface area contributed by atoms with Gasteiger partial charge in [-0.15, -0.1) is 0 Å². The molecule has 16 heavy (non-hydrogen) atoms. The highest BCUT2D eigenvalue weighted by Gasteiger charge is 2.38. The van der Waals surface area contributed by atoms with Crippen LogP contribution in [0, 0.1) is 23.7 Å². The summed E-state index contributed by atoms with van der Waals surface area (Å²) in [4.78, 5) is 0. The van der Waals surface area contributed by atoms with Gasteiger partial charge in [-0.3, -0.25) is 0 Å². The molecule has 0 amide bonds. The van der Waals surface area contributed by atoms with Crippen LogP contribution in [-0.4, -0.2) is 10.9 Å². The zero-order valence-electron chi connectivity index (χ0n) is 10.4. The maximum Gasteiger partial charge on any atom is 0.0610 e. The van der Waals surface area contributed by atoms with Crippen LogP contribution < -0.4 is 0 Å². The van der Waals surface area contributed by atoms with E-state index in [0.29, 0.717) is 17.8 Å². The minimum absolute atomic E-state index is 0.528. The molecule has 0 aromatic heterocycles. The van der Waals surface area contributed by atoms with E-state index >= 15 is 0 Å². The van der Waals surface area contributed by atoms with Crippen LogP contribution in [0.15, 0.2) is 17.3 Å². The molecule has 0 aliphatic heterocycles. The van der Waals surface area contributed by atoms with E-state index in [9.17, 15) is 5.21 Å². The lowest BCUT2D eigenvalue weighted by Crippen LogP contribution is -2.21. The lowest BCUT2D eigenvalue weighted by molar-refractivity contribution is 0.308. The highest BCUT2D eigenvalue weighted by Crippen LogP contribution is 2.45. The van der Waals surface area contributed by atoms with Crippen molar-refractivity contribution in [3.05, 3.63) is 12.2 Å². The van der Waals surface area contributed by atoms with Gasteiger partial charge in [0.05, 0.1) is 5.71 Å². The van der Waals surface area contributed by atoms with Crippen LogP contribution in [0.1, 0.15) is 46.0 Å². The lowest BCUT2D eigenvalue weighted by atomic mass is 9.83. The maximum atomic E-state index is 9.22. The molecule has 0 aromatic rings. The van der Waals surface area contributed by atoms with Gasteiger partial charge < -0.3 is 5.21 Å². The molecule has 2 aliphatic rings. The Morgan fingerprint density at radius 1 is 1.31 bits per heavy atom. The van der Waals surface area contributed by atoms with Crippen LogP contribution >= 0.6 is 0 Å². The Morgan fingerprint density at radius 2 is 2.06 bits per heavy atom. The zero-order valence-corrected chi connectivity index (χ0v) is 10.4. The summed E-state index contributed by atoms with van der Waals surface area (Å²) in [6, 6.07) is 0. The largest absolute Gasteiger partial charge is 0.411 e. The summed E-state index contributed by atoms with van der Waals surface area (Å²) in [5, 5.41) is 12.8. The molecule has 0 radical (unpaired) electrons. The molecule has 1 unspecified atom stereocenters. The van der Waals surface area contributed by atoms with E-state index in [0.717, 1.165) is 18.1 Å². The highest BCUT2D eigenvalue weighted by atomic mass is 16.4. The molecule has 3 atom stereocenters.